The summed E-state index contributed by atoms with van der Waals surface area (Å²) in [6, 6.07) is 6.70. The van der Waals surface area contributed by atoms with Crippen molar-refractivity contribution in [2.24, 2.45) is 5.92 Å². The minimum absolute atomic E-state index is 0.0135. The van der Waals surface area contributed by atoms with Crippen LogP contribution in [0.1, 0.15) is 56.9 Å². The molecule has 0 N–H and O–H groups in total. The Morgan fingerprint density at radius 2 is 1.88 bits per heavy atom. The maximum atomic E-state index is 13.9. The number of fused-ring (bicyclic) bond motifs is 1. The molecule has 1 aliphatic carbocycles. The minimum atomic E-state index is -0.258. The van der Waals surface area contributed by atoms with Gasteiger partial charge < -0.3 is 9.80 Å². The number of rotatable bonds is 2. The summed E-state index contributed by atoms with van der Waals surface area (Å²) in [5, 5.41) is 0. The first-order valence-corrected chi connectivity index (χ1v) is 9.89. The lowest BCUT2D eigenvalue weighted by Gasteiger charge is -2.38. The average Bonchev–Trinajstić information content (AvgIpc) is 3.37. The van der Waals surface area contributed by atoms with Crippen molar-refractivity contribution in [3.8, 4) is 0 Å². The summed E-state index contributed by atoms with van der Waals surface area (Å²) in [7, 11) is 0. The van der Waals surface area contributed by atoms with Crippen LogP contribution in [0.5, 0.6) is 0 Å². The first-order valence-electron chi connectivity index (χ1n) is 9.89. The van der Waals surface area contributed by atoms with Crippen molar-refractivity contribution in [3.05, 3.63) is 35.6 Å². The second-order valence-electron chi connectivity index (χ2n) is 8.05. The number of benzene rings is 1. The Morgan fingerprint density at radius 3 is 2.58 bits per heavy atom. The molecule has 3 fully saturated rings. The summed E-state index contributed by atoms with van der Waals surface area (Å²) in [6.07, 6.45) is 6.05. The molecule has 3 atom stereocenters. The van der Waals surface area contributed by atoms with Crippen molar-refractivity contribution in [2.75, 3.05) is 13.1 Å². The number of hydrogen-bond donors (Lipinski definition) is 0. The van der Waals surface area contributed by atoms with E-state index in [1.807, 2.05) is 15.9 Å². The van der Waals surface area contributed by atoms with E-state index in [0.717, 1.165) is 50.6 Å². The molecule has 26 heavy (non-hydrogen) atoms. The van der Waals surface area contributed by atoms with Crippen LogP contribution in [0.2, 0.25) is 0 Å². The molecule has 0 spiro atoms. The van der Waals surface area contributed by atoms with Crippen molar-refractivity contribution in [2.45, 2.75) is 63.5 Å². The lowest BCUT2D eigenvalue weighted by atomic mass is 9.86. The summed E-state index contributed by atoms with van der Waals surface area (Å²) in [4.78, 5) is 29.3. The molecule has 0 bridgehead atoms. The Bertz CT molecular complexity index is 703. The second kappa shape index (κ2) is 7.01. The molecule has 0 unspecified atom stereocenters. The van der Waals surface area contributed by atoms with Gasteiger partial charge in [-0.3, -0.25) is 9.59 Å². The van der Waals surface area contributed by atoms with Gasteiger partial charge in [0.25, 0.3) is 0 Å². The molecule has 2 saturated heterocycles. The largest absolute Gasteiger partial charge is 0.337 e. The van der Waals surface area contributed by atoms with E-state index < -0.39 is 0 Å². The van der Waals surface area contributed by atoms with Gasteiger partial charge in [0.05, 0.1) is 12.1 Å². The zero-order chi connectivity index (χ0) is 18.3. The molecule has 2 amide bonds. The molecule has 0 radical (unpaired) electrons. The molecule has 1 aromatic rings. The maximum Gasteiger partial charge on any atom is 0.226 e. The highest BCUT2D eigenvalue weighted by Crippen LogP contribution is 2.42. The number of likely N-dealkylation sites (tertiary alicyclic amines) is 2. The average molecular weight is 358 g/mol. The molecule has 1 saturated carbocycles. The number of carbonyl (C=O) groups excluding carboxylic acids is 2. The molecule has 2 heterocycles. The van der Waals surface area contributed by atoms with Gasteiger partial charge in [-0.1, -0.05) is 25.0 Å². The molecule has 140 valence electrons. The topological polar surface area (TPSA) is 40.6 Å². The van der Waals surface area contributed by atoms with Crippen molar-refractivity contribution < 1.29 is 14.0 Å². The fourth-order valence-corrected chi connectivity index (χ4v) is 4.85. The van der Waals surface area contributed by atoms with Crippen LogP contribution in [-0.2, 0) is 9.59 Å². The first kappa shape index (κ1) is 17.5. The SMILES string of the molecule is CC(=O)N1CCCCC[C@@H]2[C@@H]1[C@H](c1cccc(F)c1)CN2C(=O)C1CC1. The molecule has 3 aliphatic rings. The van der Waals surface area contributed by atoms with Gasteiger partial charge >= 0.3 is 0 Å². The third-order valence-electron chi connectivity index (χ3n) is 6.25. The lowest BCUT2D eigenvalue weighted by molar-refractivity contribution is -0.137. The Hall–Kier alpha value is -1.91. The highest BCUT2D eigenvalue weighted by atomic mass is 19.1. The third-order valence-corrected chi connectivity index (χ3v) is 6.25. The van der Waals surface area contributed by atoms with Crippen LogP contribution in [0.4, 0.5) is 4.39 Å². The molecular weight excluding hydrogens is 331 g/mol. The van der Waals surface area contributed by atoms with Crippen LogP contribution in [0.25, 0.3) is 0 Å². The second-order valence-corrected chi connectivity index (χ2v) is 8.05. The highest BCUT2D eigenvalue weighted by Gasteiger charge is 2.50. The highest BCUT2D eigenvalue weighted by molar-refractivity contribution is 5.82. The fraction of sp³-hybridized carbons (Fsp3) is 0.619. The Kier molecular flexibility index (Phi) is 4.72. The third kappa shape index (κ3) is 3.24. The van der Waals surface area contributed by atoms with E-state index in [2.05, 4.69) is 0 Å². The Morgan fingerprint density at radius 1 is 1.08 bits per heavy atom. The van der Waals surface area contributed by atoms with E-state index in [-0.39, 0.29) is 41.6 Å². The summed E-state index contributed by atoms with van der Waals surface area (Å²) in [5.74, 6) is 0.191. The zero-order valence-corrected chi connectivity index (χ0v) is 15.4. The zero-order valence-electron chi connectivity index (χ0n) is 15.4. The Labute approximate surface area is 154 Å². The fourth-order valence-electron chi connectivity index (χ4n) is 4.85. The molecule has 2 aliphatic heterocycles. The van der Waals surface area contributed by atoms with Crippen molar-refractivity contribution in [3.63, 3.8) is 0 Å². The molecule has 0 aromatic heterocycles. The Balaban J connectivity index is 1.73. The van der Waals surface area contributed by atoms with E-state index in [0.29, 0.717) is 6.54 Å². The van der Waals surface area contributed by atoms with E-state index in [4.69, 9.17) is 0 Å². The van der Waals surface area contributed by atoms with Crippen LogP contribution in [0, 0.1) is 11.7 Å². The minimum Gasteiger partial charge on any atom is -0.337 e. The van der Waals surface area contributed by atoms with E-state index >= 15 is 0 Å². The van der Waals surface area contributed by atoms with Crippen LogP contribution in [-0.4, -0.2) is 46.8 Å². The smallest absolute Gasteiger partial charge is 0.226 e. The van der Waals surface area contributed by atoms with Crippen LogP contribution in [0.15, 0.2) is 24.3 Å². The van der Waals surface area contributed by atoms with Crippen molar-refractivity contribution >= 4 is 11.8 Å². The summed E-state index contributed by atoms with van der Waals surface area (Å²) >= 11 is 0. The maximum absolute atomic E-state index is 13.9. The quantitative estimate of drug-likeness (QED) is 0.814. The van der Waals surface area contributed by atoms with Gasteiger partial charge in [-0.25, -0.2) is 4.39 Å². The summed E-state index contributed by atoms with van der Waals surface area (Å²) < 4.78 is 13.9. The number of nitrogens with zero attached hydrogens (tertiary/aromatic N) is 2. The summed E-state index contributed by atoms with van der Waals surface area (Å²) in [6.45, 7) is 2.94. The van der Waals surface area contributed by atoms with E-state index in [1.165, 1.54) is 6.07 Å². The predicted octanol–water partition coefficient (Wildman–Crippen LogP) is 3.32. The molecule has 4 nitrogen and oxygen atoms in total. The van der Waals surface area contributed by atoms with E-state index in [9.17, 15) is 14.0 Å². The van der Waals surface area contributed by atoms with Gasteiger partial charge in [0.1, 0.15) is 5.82 Å². The number of halogens is 1. The van der Waals surface area contributed by atoms with Crippen LogP contribution >= 0.6 is 0 Å². The van der Waals surface area contributed by atoms with Gasteiger partial charge in [0.15, 0.2) is 0 Å². The van der Waals surface area contributed by atoms with Gasteiger partial charge in [-0.05, 0) is 43.4 Å². The number of amides is 2. The molecular formula is C21H27FN2O2. The number of carbonyl (C=O) groups is 2. The van der Waals surface area contributed by atoms with Crippen LogP contribution < -0.4 is 0 Å². The number of hydrogen-bond acceptors (Lipinski definition) is 2. The standard InChI is InChI=1S/C21H27FN2O2/c1-14(25)23-11-4-2-3-8-19-20(23)18(16-6-5-7-17(22)12-16)13-24(19)21(26)15-9-10-15/h5-7,12,15,18-20H,2-4,8-11,13H2,1H3/t18-,19+,20-/m0/s1. The predicted molar refractivity (Wildman–Crippen MR) is 97.0 cm³/mol. The van der Waals surface area contributed by atoms with Gasteiger partial charge in [0.2, 0.25) is 11.8 Å². The first-order chi connectivity index (χ1) is 12.6. The van der Waals surface area contributed by atoms with Gasteiger partial charge in [0, 0.05) is 31.8 Å². The van der Waals surface area contributed by atoms with Crippen molar-refractivity contribution in [1.82, 2.24) is 9.80 Å². The molecule has 5 heteroatoms. The van der Waals surface area contributed by atoms with Crippen molar-refractivity contribution in [1.29, 1.82) is 0 Å². The molecule has 4 rings (SSSR count). The monoisotopic (exact) mass is 358 g/mol. The van der Waals surface area contributed by atoms with Crippen LogP contribution in [0.3, 0.4) is 0 Å². The lowest BCUT2D eigenvalue weighted by Crippen LogP contribution is -2.51. The van der Waals surface area contributed by atoms with Gasteiger partial charge in [-0.15, -0.1) is 0 Å². The molecule has 1 aromatic carbocycles. The normalized spacial score (nSPS) is 29.1. The van der Waals surface area contributed by atoms with Gasteiger partial charge in [-0.2, -0.15) is 0 Å². The summed E-state index contributed by atoms with van der Waals surface area (Å²) in [5.41, 5.74) is 0.901. The van der Waals surface area contributed by atoms with E-state index in [1.54, 1.807) is 19.1 Å².